The summed E-state index contributed by atoms with van der Waals surface area (Å²) in [6, 6.07) is 13.5. The Kier molecular flexibility index (Phi) is 6.59. The lowest BCUT2D eigenvalue weighted by Gasteiger charge is -2.13. The zero-order chi connectivity index (χ0) is 18.1. The summed E-state index contributed by atoms with van der Waals surface area (Å²) in [7, 11) is 1.62. The molecule has 2 aromatic carbocycles. The fourth-order valence-electron chi connectivity index (χ4n) is 2.28. The summed E-state index contributed by atoms with van der Waals surface area (Å²) >= 11 is 0. The maximum Gasteiger partial charge on any atom is 0.211 e. The lowest BCUT2D eigenvalue weighted by atomic mass is 10.1. The molecule has 0 fully saturated rings. The summed E-state index contributed by atoms with van der Waals surface area (Å²) in [5.74, 6) is 1.47. The van der Waals surface area contributed by atoms with Crippen molar-refractivity contribution < 1.29 is 9.47 Å². The quantitative estimate of drug-likeness (QED) is 0.335. The van der Waals surface area contributed by atoms with Gasteiger partial charge in [-0.1, -0.05) is 24.3 Å². The number of benzene rings is 2. The largest absolute Gasteiger partial charge is 0.496 e. The van der Waals surface area contributed by atoms with Crippen molar-refractivity contribution in [2.24, 2.45) is 21.7 Å². The van der Waals surface area contributed by atoms with E-state index in [4.69, 9.17) is 20.9 Å². The average Bonchev–Trinajstić information content (AvgIpc) is 2.61. The highest BCUT2D eigenvalue weighted by molar-refractivity contribution is 5.82. The third-order valence-electron chi connectivity index (χ3n) is 3.40. The molecular weight excluding hydrogens is 316 g/mol. The van der Waals surface area contributed by atoms with Crippen molar-refractivity contribution in [3.8, 4) is 11.5 Å². The van der Waals surface area contributed by atoms with Crippen LogP contribution in [0.2, 0.25) is 0 Å². The highest BCUT2D eigenvalue weighted by atomic mass is 16.5. The Labute approximate surface area is 147 Å². The van der Waals surface area contributed by atoms with Gasteiger partial charge in [0.25, 0.3) is 0 Å². The van der Waals surface area contributed by atoms with Crippen LogP contribution in [0, 0.1) is 0 Å². The van der Waals surface area contributed by atoms with Crippen LogP contribution in [0.4, 0.5) is 0 Å². The van der Waals surface area contributed by atoms with Crippen LogP contribution in [0.15, 0.2) is 65.3 Å². The third kappa shape index (κ3) is 5.39. The fraction of sp³-hybridized carbons (Fsp3) is 0.158. The summed E-state index contributed by atoms with van der Waals surface area (Å²) < 4.78 is 11.4. The molecule has 4 N–H and O–H groups in total. The standard InChI is InChI=1S/C19H22N4O2/c1-3-6-15-7-4-5-8-18(15)25-13-16-11-14(9-10-17(16)24-2)12-22-23-19(20)21/h3-5,7-12H,1,6,13H2,2H3,(H4,20,21,23). The molecule has 25 heavy (non-hydrogen) atoms. The van der Waals surface area contributed by atoms with Gasteiger partial charge >= 0.3 is 0 Å². The molecule has 0 spiro atoms. The molecule has 0 amide bonds. The Morgan fingerprint density at radius 2 is 1.92 bits per heavy atom. The van der Waals surface area contributed by atoms with Gasteiger partial charge in [0.15, 0.2) is 0 Å². The van der Waals surface area contributed by atoms with E-state index >= 15 is 0 Å². The van der Waals surface area contributed by atoms with Crippen LogP contribution in [0.1, 0.15) is 16.7 Å². The Balaban J connectivity index is 2.19. The van der Waals surface area contributed by atoms with Crippen molar-refractivity contribution in [3.63, 3.8) is 0 Å². The number of rotatable bonds is 8. The average molecular weight is 338 g/mol. The lowest BCUT2D eigenvalue weighted by Crippen LogP contribution is -2.21. The Hall–Kier alpha value is -3.28. The van der Waals surface area contributed by atoms with E-state index in [1.54, 1.807) is 13.3 Å². The first-order valence-electron chi connectivity index (χ1n) is 7.74. The maximum absolute atomic E-state index is 5.98. The van der Waals surface area contributed by atoms with Crippen molar-refractivity contribution >= 4 is 12.2 Å². The molecule has 0 bridgehead atoms. The van der Waals surface area contributed by atoms with E-state index < -0.39 is 0 Å². The van der Waals surface area contributed by atoms with Crippen LogP contribution < -0.4 is 20.9 Å². The van der Waals surface area contributed by atoms with Crippen molar-refractivity contribution in [2.75, 3.05) is 7.11 Å². The molecular formula is C19H22N4O2. The number of nitrogens with two attached hydrogens (primary N) is 2. The van der Waals surface area contributed by atoms with Gasteiger partial charge in [0, 0.05) is 5.56 Å². The topological polar surface area (TPSA) is 95.2 Å². The summed E-state index contributed by atoms with van der Waals surface area (Å²) in [4.78, 5) is 0. The number of hydrogen-bond donors (Lipinski definition) is 2. The van der Waals surface area contributed by atoms with Gasteiger partial charge in [0.2, 0.25) is 5.96 Å². The number of para-hydroxylation sites is 1. The first-order valence-corrected chi connectivity index (χ1v) is 7.74. The second-order valence-corrected chi connectivity index (χ2v) is 5.23. The normalized spacial score (nSPS) is 10.4. The van der Waals surface area contributed by atoms with Crippen LogP contribution in [-0.2, 0) is 13.0 Å². The van der Waals surface area contributed by atoms with E-state index in [-0.39, 0.29) is 5.96 Å². The number of hydrogen-bond acceptors (Lipinski definition) is 4. The molecule has 0 radical (unpaired) electrons. The summed E-state index contributed by atoms with van der Waals surface area (Å²) in [5, 5.41) is 7.40. The highest BCUT2D eigenvalue weighted by Gasteiger charge is 2.07. The van der Waals surface area contributed by atoms with Gasteiger partial charge in [-0.15, -0.1) is 11.7 Å². The molecule has 0 unspecified atom stereocenters. The molecule has 0 saturated carbocycles. The predicted molar refractivity (Wildman–Crippen MR) is 101 cm³/mol. The van der Waals surface area contributed by atoms with E-state index in [1.165, 1.54) is 0 Å². The van der Waals surface area contributed by atoms with Crippen molar-refractivity contribution in [1.29, 1.82) is 0 Å². The minimum atomic E-state index is -0.0906. The molecule has 0 saturated heterocycles. The molecule has 2 aromatic rings. The molecule has 6 heteroatoms. The van der Waals surface area contributed by atoms with E-state index in [0.29, 0.717) is 6.61 Å². The summed E-state index contributed by atoms with van der Waals surface area (Å²) in [5.41, 5.74) is 13.3. The predicted octanol–water partition coefficient (Wildman–Crippen LogP) is 2.61. The summed E-state index contributed by atoms with van der Waals surface area (Å²) in [6.45, 7) is 4.14. The van der Waals surface area contributed by atoms with Crippen LogP contribution in [0.3, 0.4) is 0 Å². The molecule has 6 nitrogen and oxygen atoms in total. The second kappa shape index (κ2) is 9.12. The number of ether oxygens (including phenoxy) is 2. The minimum absolute atomic E-state index is 0.0906. The Bertz CT molecular complexity index is 781. The van der Waals surface area contributed by atoms with Gasteiger partial charge in [-0.05, 0) is 41.8 Å². The number of nitrogens with zero attached hydrogens (tertiary/aromatic N) is 2. The van der Waals surface area contributed by atoms with Crippen LogP contribution >= 0.6 is 0 Å². The van der Waals surface area contributed by atoms with E-state index in [2.05, 4.69) is 16.8 Å². The Morgan fingerprint density at radius 1 is 1.12 bits per heavy atom. The maximum atomic E-state index is 5.98. The van der Waals surface area contributed by atoms with Gasteiger partial charge in [0.05, 0.1) is 13.3 Å². The molecule has 0 aliphatic carbocycles. The minimum Gasteiger partial charge on any atom is -0.496 e. The number of methoxy groups -OCH3 is 1. The van der Waals surface area contributed by atoms with Crippen molar-refractivity contribution in [1.82, 2.24) is 0 Å². The molecule has 0 aromatic heterocycles. The SMILES string of the molecule is C=CCc1ccccc1OCc1cc(C=NN=C(N)N)ccc1OC. The lowest BCUT2D eigenvalue weighted by molar-refractivity contribution is 0.294. The van der Waals surface area contributed by atoms with E-state index in [9.17, 15) is 0 Å². The molecule has 0 aliphatic rings. The zero-order valence-electron chi connectivity index (χ0n) is 14.2. The molecule has 0 atom stereocenters. The monoisotopic (exact) mass is 338 g/mol. The molecule has 0 aliphatic heterocycles. The number of allylic oxidation sites excluding steroid dienone is 1. The van der Waals surface area contributed by atoms with E-state index in [1.807, 2.05) is 48.5 Å². The van der Waals surface area contributed by atoms with E-state index in [0.717, 1.165) is 34.6 Å². The van der Waals surface area contributed by atoms with Crippen molar-refractivity contribution in [2.45, 2.75) is 13.0 Å². The fourth-order valence-corrected chi connectivity index (χ4v) is 2.28. The Morgan fingerprint density at radius 3 is 2.64 bits per heavy atom. The van der Waals surface area contributed by atoms with Gasteiger partial charge in [-0.2, -0.15) is 5.10 Å². The van der Waals surface area contributed by atoms with Gasteiger partial charge < -0.3 is 20.9 Å². The molecule has 2 rings (SSSR count). The molecule has 0 heterocycles. The highest BCUT2D eigenvalue weighted by Crippen LogP contribution is 2.24. The van der Waals surface area contributed by atoms with Crippen LogP contribution in [-0.4, -0.2) is 19.3 Å². The van der Waals surface area contributed by atoms with Gasteiger partial charge in [0.1, 0.15) is 18.1 Å². The molecule has 130 valence electrons. The van der Waals surface area contributed by atoms with Crippen LogP contribution in [0.5, 0.6) is 11.5 Å². The van der Waals surface area contributed by atoms with Crippen molar-refractivity contribution in [3.05, 3.63) is 71.8 Å². The first kappa shape index (κ1) is 18.1. The van der Waals surface area contributed by atoms with Gasteiger partial charge in [-0.3, -0.25) is 0 Å². The third-order valence-corrected chi connectivity index (χ3v) is 3.40. The first-order chi connectivity index (χ1) is 12.1. The van der Waals surface area contributed by atoms with Crippen LogP contribution in [0.25, 0.3) is 0 Å². The number of guanidine groups is 1. The summed E-state index contributed by atoms with van der Waals surface area (Å²) in [6.07, 6.45) is 4.16. The smallest absolute Gasteiger partial charge is 0.211 e. The zero-order valence-corrected chi connectivity index (χ0v) is 14.2. The van der Waals surface area contributed by atoms with Gasteiger partial charge in [-0.25, -0.2) is 0 Å². The second-order valence-electron chi connectivity index (χ2n) is 5.23.